The monoisotopic (exact) mass is 640 g/mol. The smallest absolute Gasteiger partial charge is 0.164 e. The standard InChI is InChI=1S/C43H25N3O2/c1-3-10-26(11-4-1)29-21-22-36-34(24-29)40-32(15-9-17-37(40)48-36)43-45-41(28-12-5-2-6-13-28)44-42(46-43)30-19-18-27-20-23-38-39(33(27)25-30)31-14-7-8-16-35(31)47-38/h1-25H/i1D,2D,3D,4D,5D,6D,7D,8D,9D,10D,11D,12D,13D,14D,15D,16D,17D,18D,19D,20D,21D,22D,23D,24D,25D. The molecule has 0 aliphatic heterocycles. The minimum Gasteiger partial charge on any atom is -0.456 e. The maximum absolute atomic E-state index is 9.72. The lowest BCUT2D eigenvalue weighted by molar-refractivity contribution is 0.668. The summed E-state index contributed by atoms with van der Waals surface area (Å²) in [5.41, 5.74) is -5.72. The van der Waals surface area contributed by atoms with Crippen molar-refractivity contribution in [1.82, 2.24) is 15.0 Å². The van der Waals surface area contributed by atoms with Crippen LogP contribution in [-0.4, -0.2) is 15.0 Å². The lowest BCUT2D eigenvalue weighted by Crippen LogP contribution is -2.00. The average molecular weight is 641 g/mol. The van der Waals surface area contributed by atoms with Crippen LogP contribution >= 0.6 is 0 Å². The largest absolute Gasteiger partial charge is 0.456 e. The van der Waals surface area contributed by atoms with Gasteiger partial charge in [0.1, 0.15) is 22.3 Å². The second kappa shape index (κ2) is 10.5. The number of fused-ring (bicyclic) bond motifs is 8. The molecule has 0 amide bonds. The number of aromatic nitrogens is 3. The molecule has 0 N–H and O–H groups in total. The predicted octanol–water partition coefficient (Wildman–Crippen LogP) is 11.5. The minimum atomic E-state index is -0.922. The normalized spacial score (nSPS) is 19.0. The Morgan fingerprint density at radius 3 is 1.79 bits per heavy atom. The predicted molar refractivity (Wildman–Crippen MR) is 194 cm³/mol. The van der Waals surface area contributed by atoms with Gasteiger partial charge in [-0.1, -0.05) is 115 Å². The SMILES string of the molecule is [2H]c1c([2H])c([2H])c(-c2nc(-c3c([2H])c([2H])c4c([2H])c([2H])c5oc6c([2H])c([2H])c([2H])c([2H])c6c5c4c3[2H])nc(-c3c([2H])c([2H])c([2H])c4oc5c([2H])c([2H])c(-c6c([2H])c([2H])c([2H])c([2H])c6[2H])c([2H])c5c34)n2)c([2H])c1[2H]. The van der Waals surface area contributed by atoms with E-state index in [1.807, 2.05) is 0 Å². The van der Waals surface area contributed by atoms with Gasteiger partial charge in [0, 0.05) is 38.2 Å². The number of para-hydroxylation sites is 1. The van der Waals surface area contributed by atoms with Crippen molar-refractivity contribution < 1.29 is 43.1 Å². The van der Waals surface area contributed by atoms with E-state index in [-0.39, 0.29) is 10.8 Å². The molecule has 0 atom stereocenters. The first kappa shape index (κ1) is 11.9. The molecule has 10 aromatic rings. The fraction of sp³-hybridized carbons (Fsp3) is 0. The highest BCUT2D eigenvalue weighted by Gasteiger charge is 2.19. The molecule has 0 unspecified atom stereocenters. The van der Waals surface area contributed by atoms with Gasteiger partial charge in [-0.3, -0.25) is 0 Å². The highest BCUT2D eigenvalue weighted by molar-refractivity contribution is 6.19. The number of benzene rings is 7. The van der Waals surface area contributed by atoms with Crippen LogP contribution in [0.25, 0.3) is 99.9 Å². The number of nitrogens with zero attached hydrogens (tertiary/aromatic N) is 3. The van der Waals surface area contributed by atoms with Gasteiger partial charge in [0.2, 0.25) is 0 Å². The molecule has 0 radical (unpaired) electrons. The van der Waals surface area contributed by atoms with E-state index in [4.69, 9.17) is 36.2 Å². The molecule has 0 fully saturated rings. The molecule has 5 nitrogen and oxygen atoms in total. The van der Waals surface area contributed by atoms with Crippen LogP contribution in [0.2, 0.25) is 0 Å². The van der Waals surface area contributed by atoms with Crippen molar-refractivity contribution in [1.29, 1.82) is 0 Å². The fourth-order valence-corrected chi connectivity index (χ4v) is 5.26. The second-order valence-electron chi connectivity index (χ2n) is 10.1. The van der Waals surface area contributed by atoms with E-state index in [9.17, 15) is 6.85 Å². The first-order chi connectivity index (χ1) is 34.2. The summed E-state index contributed by atoms with van der Waals surface area (Å²) in [6, 6.07) is -20.8. The Labute approximate surface area is 309 Å². The Hall–Kier alpha value is -6.59. The van der Waals surface area contributed by atoms with Crippen LogP contribution in [0.3, 0.4) is 0 Å². The first-order valence-electron chi connectivity index (χ1n) is 26.4. The van der Waals surface area contributed by atoms with Crippen LogP contribution in [0.5, 0.6) is 0 Å². The van der Waals surface area contributed by atoms with Gasteiger partial charge in [-0.15, -0.1) is 0 Å². The fourth-order valence-electron chi connectivity index (χ4n) is 5.26. The van der Waals surface area contributed by atoms with E-state index in [0.29, 0.717) is 0 Å². The molecule has 0 spiro atoms. The molecule has 0 saturated heterocycles. The Bertz CT molecular complexity index is 4230. The van der Waals surface area contributed by atoms with Gasteiger partial charge >= 0.3 is 0 Å². The third kappa shape index (κ3) is 4.22. The van der Waals surface area contributed by atoms with E-state index in [1.165, 1.54) is 0 Å². The lowest BCUT2D eigenvalue weighted by atomic mass is 10.00. The van der Waals surface area contributed by atoms with Crippen molar-refractivity contribution in [3.05, 3.63) is 151 Å². The molecule has 224 valence electrons. The van der Waals surface area contributed by atoms with Crippen molar-refractivity contribution in [2.45, 2.75) is 0 Å². The minimum absolute atomic E-state index is 0.347. The van der Waals surface area contributed by atoms with Crippen LogP contribution in [0.1, 0.15) is 34.3 Å². The van der Waals surface area contributed by atoms with Gasteiger partial charge in [-0.25, -0.2) is 15.0 Å². The summed E-state index contributed by atoms with van der Waals surface area (Å²) >= 11 is 0. The van der Waals surface area contributed by atoms with Gasteiger partial charge < -0.3 is 8.83 Å². The zero-order valence-corrected chi connectivity index (χ0v) is 23.7. The van der Waals surface area contributed by atoms with Gasteiger partial charge in [0.05, 0.1) is 34.3 Å². The van der Waals surface area contributed by atoms with Crippen LogP contribution in [0.4, 0.5) is 0 Å². The Kier molecular flexibility index (Phi) is 2.59. The molecule has 0 saturated carbocycles. The molecular formula is C43H25N3O2. The first-order valence-corrected chi connectivity index (χ1v) is 13.9. The molecule has 48 heavy (non-hydrogen) atoms. The third-order valence-corrected chi connectivity index (χ3v) is 7.33. The molecule has 10 rings (SSSR count). The van der Waals surface area contributed by atoms with Crippen molar-refractivity contribution in [3.8, 4) is 45.3 Å². The summed E-state index contributed by atoms with van der Waals surface area (Å²) < 4.78 is 231. The summed E-state index contributed by atoms with van der Waals surface area (Å²) in [5.74, 6) is -2.46. The number of hydrogen-bond donors (Lipinski definition) is 0. The summed E-state index contributed by atoms with van der Waals surface area (Å²) in [6.45, 7) is 0. The molecule has 0 aliphatic rings. The summed E-state index contributed by atoms with van der Waals surface area (Å²) in [5, 5.41) is -2.74. The quantitative estimate of drug-likeness (QED) is 0.191. The zero-order valence-electron chi connectivity index (χ0n) is 48.7. The van der Waals surface area contributed by atoms with E-state index in [1.54, 1.807) is 0 Å². The number of rotatable bonds is 4. The van der Waals surface area contributed by atoms with Gasteiger partial charge in [-0.2, -0.15) is 0 Å². The Morgan fingerprint density at radius 1 is 0.375 bits per heavy atom. The molecule has 3 aromatic heterocycles. The van der Waals surface area contributed by atoms with E-state index >= 15 is 0 Å². The maximum Gasteiger partial charge on any atom is 0.164 e. The Morgan fingerprint density at radius 2 is 0.958 bits per heavy atom. The Balaban J connectivity index is 1.42. The molecule has 5 heteroatoms. The van der Waals surface area contributed by atoms with Crippen molar-refractivity contribution in [3.63, 3.8) is 0 Å². The van der Waals surface area contributed by atoms with Gasteiger partial charge in [0.25, 0.3) is 0 Å². The maximum atomic E-state index is 9.72. The number of furan rings is 2. The molecular weight excluding hydrogens is 590 g/mol. The molecule has 0 aliphatic carbocycles. The third-order valence-electron chi connectivity index (χ3n) is 7.33. The molecule has 7 aromatic carbocycles. The summed E-state index contributed by atoms with van der Waals surface area (Å²) in [6.07, 6.45) is 0. The van der Waals surface area contributed by atoms with Crippen LogP contribution in [0, 0.1) is 0 Å². The zero-order chi connectivity index (χ0) is 53.4. The molecule has 3 heterocycles. The van der Waals surface area contributed by atoms with E-state index < -0.39 is 240 Å². The topological polar surface area (TPSA) is 65.0 Å². The van der Waals surface area contributed by atoms with E-state index in [2.05, 4.69) is 15.0 Å². The second-order valence-corrected chi connectivity index (χ2v) is 10.1. The highest BCUT2D eigenvalue weighted by atomic mass is 16.3. The average Bonchev–Trinajstić information content (AvgIpc) is 3.96. The summed E-state index contributed by atoms with van der Waals surface area (Å²) in [4.78, 5) is 13.3. The van der Waals surface area contributed by atoms with Gasteiger partial charge in [-0.05, 0) is 58.2 Å². The number of hydrogen-bond acceptors (Lipinski definition) is 5. The van der Waals surface area contributed by atoms with Gasteiger partial charge in [0.15, 0.2) is 17.5 Å². The van der Waals surface area contributed by atoms with Crippen molar-refractivity contribution in [2.75, 3.05) is 0 Å². The van der Waals surface area contributed by atoms with Crippen LogP contribution in [-0.2, 0) is 0 Å². The van der Waals surface area contributed by atoms with Crippen LogP contribution < -0.4 is 0 Å². The van der Waals surface area contributed by atoms with Crippen molar-refractivity contribution >= 4 is 54.6 Å². The highest BCUT2D eigenvalue weighted by Crippen LogP contribution is 2.39. The van der Waals surface area contributed by atoms with E-state index in [0.717, 1.165) is 0 Å². The van der Waals surface area contributed by atoms with Crippen LogP contribution in [0.15, 0.2) is 160 Å². The van der Waals surface area contributed by atoms with Crippen molar-refractivity contribution in [2.24, 2.45) is 0 Å². The lowest BCUT2D eigenvalue weighted by Gasteiger charge is -2.10. The molecule has 0 bridgehead atoms. The summed E-state index contributed by atoms with van der Waals surface area (Å²) in [7, 11) is 0.